The van der Waals surface area contributed by atoms with Crippen molar-refractivity contribution in [3.63, 3.8) is 0 Å². The highest BCUT2D eigenvalue weighted by Gasteiger charge is 2.34. The highest BCUT2D eigenvalue weighted by atomic mass is 127. The van der Waals surface area contributed by atoms with E-state index in [1.54, 1.807) is 0 Å². The van der Waals surface area contributed by atoms with Crippen LogP contribution in [0.1, 0.15) is 45.1 Å². The molecule has 4 nitrogen and oxygen atoms in total. The number of nitrogens with zero attached hydrogens (tertiary/aromatic N) is 2. The Kier molecular flexibility index (Phi) is 7.56. The standard InChI is InChI=1S/C16H28N4.HI/c1-4-16(8-6-9-16)13-19-15(17-5-2)18-11-14-7-10-20(3)12-14;/h7,10,12H,4-6,8-9,11,13H2,1-3H3,(H2,17,18,19);1H. The molecule has 0 unspecified atom stereocenters. The molecule has 0 bridgehead atoms. The smallest absolute Gasteiger partial charge is 0.191 e. The SMILES string of the molecule is CCNC(=NCc1ccn(C)c1)NCC1(CC)CCC1.I. The lowest BCUT2D eigenvalue weighted by Crippen LogP contribution is -2.46. The molecule has 21 heavy (non-hydrogen) atoms. The maximum atomic E-state index is 4.67. The highest BCUT2D eigenvalue weighted by molar-refractivity contribution is 14.0. The number of rotatable bonds is 6. The summed E-state index contributed by atoms with van der Waals surface area (Å²) in [5.41, 5.74) is 1.77. The Morgan fingerprint density at radius 3 is 2.57 bits per heavy atom. The second-order valence-electron chi connectivity index (χ2n) is 5.94. The topological polar surface area (TPSA) is 41.4 Å². The van der Waals surface area contributed by atoms with Crippen LogP contribution in [0.3, 0.4) is 0 Å². The first kappa shape index (κ1) is 18.3. The van der Waals surface area contributed by atoms with E-state index in [0.717, 1.165) is 25.6 Å². The fraction of sp³-hybridized carbons (Fsp3) is 0.688. The summed E-state index contributed by atoms with van der Waals surface area (Å²) in [5, 5.41) is 6.86. The maximum absolute atomic E-state index is 4.67. The molecule has 0 aliphatic heterocycles. The average Bonchev–Trinajstić information content (AvgIpc) is 2.81. The number of aliphatic imine (C=N–C) groups is 1. The lowest BCUT2D eigenvalue weighted by molar-refractivity contribution is 0.131. The van der Waals surface area contributed by atoms with Gasteiger partial charge in [-0.2, -0.15) is 0 Å². The van der Waals surface area contributed by atoms with Crippen molar-refractivity contribution in [1.29, 1.82) is 0 Å². The molecule has 2 N–H and O–H groups in total. The van der Waals surface area contributed by atoms with Gasteiger partial charge in [0.25, 0.3) is 0 Å². The van der Waals surface area contributed by atoms with Crippen LogP contribution in [-0.4, -0.2) is 23.6 Å². The van der Waals surface area contributed by atoms with Gasteiger partial charge in [-0.15, -0.1) is 24.0 Å². The molecule has 1 heterocycles. The normalized spacial score (nSPS) is 16.8. The second kappa shape index (κ2) is 8.66. The van der Waals surface area contributed by atoms with Crippen LogP contribution < -0.4 is 10.6 Å². The van der Waals surface area contributed by atoms with Crippen molar-refractivity contribution in [2.75, 3.05) is 13.1 Å². The van der Waals surface area contributed by atoms with Gasteiger partial charge in [0.1, 0.15) is 0 Å². The van der Waals surface area contributed by atoms with E-state index in [4.69, 9.17) is 0 Å². The minimum absolute atomic E-state index is 0. The van der Waals surface area contributed by atoms with Gasteiger partial charge in [0, 0.05) is 32.5 Å². The van der Waals surface area contributed by atoms with Crippen LogP contribution in [0.4, 0.5) is 0 Å². The van der Waals surface area contributed by atoms with Gasteiger partial charge in [-0.3, -0.25) is 0 Å². The molecule has 1 aliphatic carbocycles. The molecule has 5 heteroatoms. The highest BCUT2D eigenvalue weighted by Crippen LogP contribution is 2.42. The fourth-order valence-electron chi connectivity index (χ4n) is 2.77. The molecular formula is C16H29IN4. The Labute approximate surface area is 145 Å². The van der Waals surface area contributed by atoms with Crippen molar-refractivity contribution >= 4 is 29.9 Å². The van der Waals surface area contributed by atoms with Gasteiger partial charge in [0.2, 0.25) is 0 Å². The monoisotopic (exact) mass is 404 g/mol. The summed E-state index contributed by atoms with van der Waals surface area (Å²) in [4.78, 5) is 4.67. The average molecular weight is 404 g/mol. The molecule has 0 aromatic carbocycles. The zero-order valence-corrected chi connectivity index (χ0v) is 15.8. The van der Waals surface area contributed by atoms with E-state index in [9.17, 15) is 0 Å². The third kappa shape index (κ3) is 5.20. The molecule has 0 radical (unpaired) electrons. The first-order valence-electron chi connectivity index (χ1n) is 7.80. The second-order valence-corrected chi connectivity index (χ2v) is 5.94. The summed E-state index contributed by atoms with van der Waals surface area (Å²) in [6.45, 7) is 7.09. The molecule has 0 atom stereocenters. The third-order valence-corrected chi connectivity index (χ3v) is 4.45. The summed E-state index contributed by atoms with van der Waals surface area (Å²) < 4.78 is 2.06. The van der Waals surface area contributed by atoms with Crippen LogP contribution in [0.2, 0.25) is 0 Å². The lowest BCUT2D eigenvalue weighted by atomic mass is 9.67. The lowest BCUT2D eigenvalue weighted by Gasteiger charge is -2.41. The minimum Gasteiger partial charge on any atom is -0.357 e. The van der Waals surface area contributed by atoms with Gasteiger partial charge >= 0.3 is 0 Å². The van der Waals surface area contributed by atoms with Crippen LogP contribution in [-0.2, 0) is 13.6 Å². The summed E-state index contributed by atoms with van der Waals surface area (Å²) in [6, 6.07) is 2.12. The number of hydrogen-bond donors (Lipinski definition) is 2. The number of aryl methyl sites for hydroxylation is 1. The van der Waals surface area contributed by atoms with Crippen molar-refractivity contribution in [3.05, 3.63) is 24.0 Å². The summed E-state index contributed by atoms with van der Waals surface area (Å²) >= 11 is 0. The number of halogens is 1. The molecule has 0 amide bonds. The molecule has 1 saturated carbocycles. The maximum Gasteiger partial charge on any atom is 0.191 e. The molecule has 1 aliphatic rings. The van der Waals surface area contributed by atoms with E-state index in [2.05, 4.69) is 52.5 Å². The molecular weight excluding hydrogens is 375 g/mol. The molecule has 1 aromatic rings. The predicted molar refractivity (Wildman–Crippen MR) is 100 cm³/mol. The molecule has 0 saturated heterocycles. The van der Waals surface area contributed by atoms with Gasteiger partial charge in [0.05, 0.1) is 6.54 Å². The van der Waals surface area contributed by atoms with Gasteiger partial charge in [0.15, 0.2) is 5.96 Å². The number of hydrogen-bond acceptors (Lipinski definition) is 1. The van der Waals surface area contributed by atoms with Crippen molar-refractivity contribution < 1.29 is 0 Å². The van der Waals surface area contributed by atoms with E-state index < -0.39 is 0 Å². The van der Waals surface area contributed by atoms with Gasteiger partial charge in [-0.25, -0.2) is 4.99 Å². The van der Waals surface area contributed by atoms with Crippen LogP contribution in [0.5, 0.6) is 0 Å². The first-order valence-corrected chi connectivity index (χ1v) is 7.80. The van der Waals surface area contributed by atoms with Crippen LogP contribution in [0, 0.1) is 5.41 Å². The van der Waals surface area contributed by atoms with Crippen molar-refractivity contribution in [1.82, 2.24) is 15.2 Å². The Morgan fingerprint density at radius 1 is 1.33 bits per heavy atom. The van der Waals surface area contributed by atoms with E-state index in [1.807, 2.05) is 7.05 Å². The summed E-state index contributed by atoms with van der Waals surface area (Å²) in [7, 11) is 2.04. The minimum atomic E-state index is 0. The van der Waals surface area contributed by atoms with Crippen LogP contribution in [0.25, 0.3) is 0 Å². The molecule has 0 spiro atoms. The zero-order valence-electron chi connectivity index (χ0n) is 13.5. The summed E-state index contributed by atoms with van der Waals surface area (Å²) in [6.07, 6.45) is 9.53. The van der Waals surface area contributed by atoms with E-state index in [-0.39, 0.29) is 24.0 Å². The Morgan fingerprint density at radius 2 is 2.10 bits per heavy atom. The van der Waals surface area contributed by atoms with E-state index in [0.29, 0.717) is 5.41 Å². The van der Waals surface area contributed by atoms with Crippen molar-refractivity contribution in [2.24, 2.45) is 17.5 Å². The van der Waals surface area contributed by atoms with Gasteiger partial charge in [-0.05, 0) is 43.2 Å². The predicted octanol–water partition coefficient (Wildman–Crippen LogP) is 3.28. The third-order valence-electron chi connectivity index (χ3n) is 4.45. The number of aromatic nitrogens is 1. The number of nitrogens with one attached hydrogen (secondary N) is 2. The van der Waals surface area contributed by atoms with Crippen LogP contribution in [0.15, 0.2) is 23.5 Å². The Bertz CT molecular complexity index is 443. The Hall–Kier alpha value is -0.720. The quantitative estimate of drug-likeness (QED) is 0.434. The number of guanidine groups is 1. The largest absolute Gasteiger partial charge is 0.357 e. The van der Waals surface area contributed by atoms with Crippen molar-refractivity contribution in [2.45, 2.75) is 46.1 Å². The molecule has 1 fully saturated rings. The fourth-order valence-corrected chi connectivity index (χ4v) is 2.77. The molecule has 2 rings (SSSR count). The molecule has 1 aromatic heterocycles. The van der Waals surface area contributed by atoms with E-state index in [1.165, 1.54) is 31.2 Å². The first-order chi connectivity index (χ1) is 9.67. The molecule has 120 valence electrons. The van der Waals surface area contributed by atoms with Crippen molar-refractivity contribution in [3.8, 4) is 0 Å². The zero-order chi connectivity index (χ0) is 14.4. The van der Waals surface area contributed by atoms with E-state index >= 15 is 0 Å². The van der Waals surface area contributed by atoms with Crippen LogP contribution >= 0.6 is 24.0 Å². The van der Waals surface area contributed by atoms with Gasteiger partial charge < -0.3 is 15.2 Å². The summed E-state index contributed by atoms with van der Waals surface area (Å²) in [5.74, 6) is 0.941. The Balaban J connectivity index is 0.00000220. The van der Waals surface area contributed by atoms with Gasteiger partial charge in [-0.1, -0.05) is 13.3 Å².